The first-order chi connectivity index (χ1) is 17.0. The van der Waals surface area contributed by atoms with Gasteiger partial charge in [-0.15, -0.1) is 0 Å². The van der Waals surface area contributed by atoms with Crippen molar-refractivity contribution in [1.82, 2.24) is 0 Å². The monoisotopic (exact) mass is 482 g/mol. The fourth-order valence-electron chi connectivity index (χ4n) is 4.24. The SMILES string of the molecule is CCCCCCCCCc1ccc(-c2ccc(-c3ccc(OCCCC)c(F)c3F)c(F)c2)cc1. The summed E-state index contributed by atoms with van der Waals surface area (Å²) in [6.07, 6.45) is 11.7. The van der Waals surface area contributed by atoms with Gasteiger partial charge in [0.05, 0.1) is 6.61 Å². The molecule has 3 aromatic rings. The van der Waals surface area contributed by atoms with Crippen LogP contribution in [0.4, 0.5) is 13.2 Å². The number of hydrogen-bond donors (Lipinski definition) is 0. The van der Waals surface area contributed by atoms with Crippen molar-refractivity contribution in [2.75, 3.05) is 6.61 Å². The first-order valence-corrected chi connectivity index (χ1v) is 13.0. The van der Waals surface area contributed by atoms with Crippen LogP contribution in [-0.2, 0) is 6.42 Å². The van der Waals surface area contributed by atoms with Gasteiger partial charge in [-0.1, -0.05) is 95.2 Å². The zero-order chi connectivity index (χ0) is 25.0. The molecule has 0 aromatic heterocycles. The molecule has 0 atom stereocenters. The molecule has 0 bridgehead atoms. The van der Waals surface area contributed by atoms with E-state index in [4.69, 9.17) is 4.74 Å². The maximum absolute atomic E-state index is 15.0. The number of aryl methyl sites for hydroxylation is 1. The summed E-state index contributed by atoms with van der Waals surface area (Å²) in [6, 6.07) is 15.5. The lowest BCUT2D eigenvalue weighted by Crippen LogP contribution is -2.01. The minimum atomic E-state index is -1.10. The summed E-state index contributed by atoms with van der Waals surface area (Å²) in [5, 5.41) is 0. The van der Waals surface area contributed by atoms with Crippen LogP contribution in [0.2, 0.25) is 0 Å². The largest absolute Gasteiger partial charge is 0.490 e. The third-order valence-electron chi connectivity index (χ3n) is 6.42. The zero-order valence-electron chi connectivity index (χ0n) is 21.0. The summed E-state index contributed by atoms with van der Waals surface area (Å²) < 4.78 is 49.4. The van der Waals surface area contributed by atoms with Gasteiger partial charge in [0.15, 0.2) is 11.6 Å². The van der Waals surface area contributed by atoms with E-state index in [0.29, 0.717) is 12.2 Å². The van der Waals surface area contributed by atoms with Gasteiger partial charge >= 0.3 is 0 Å². The van der Waals surface area contributed by atoms with Gasteiger partial charge in [-0.25, -0.2) is 8.78 Å². The molecule has 0 N–H and O–H groups in total. The maximum Gasteiger partial charge on any atom is 0.201 e. The van der Waals surface area contributed by atoms with Crippen LogP contribution < -0.4 is 4.74 Å². The van der Waals surface area contributed by atoms with Gasteiger partial charge in [0.25, 0.3) is 0 Å². The number of rotatable bonds is 14. The van der Waals surface area contributed by atoms with E-state index in [0.717, 1.165) is 24.8 Å². The van der Waals surface area contributed by atoms with Gasteiger partial charge in [-0.3, -0.25) is 0 Å². The molecular weight excluding hydrogens is 445 g/mol. The molecule has 0 aliphatic rings. The Hall–Kier alpha value is -2.75. The molecule has 0 aliphatic heterocycles. The van der Waals surface area contributed by atoms with Crippen molar-refractivity contribution < 1.29 is 17.9 Å². The molecule has 188 valence electrons. The van der Waals surface area contributed by atoms with Crippen molar-refractivity contribution in [2.45, 2.75) is 78.1 Å². The Morgan fingerprint density at radius 1 is 0.600 bits per heavy atom. The minimum absolute atomic E-state index is 0.0285. The number of unbranched alkanes of at least 4 members (excludes halogenated alkanes) is 7. The molecule has 0 saturated carbocycles. The lowest BCUT2D eigenvalue weighted by molar-refractivity contribution is 0.289. The highest BCUT2D eigenvalue weighted by Gasteiger charge is 2.18. The van der Waals surface area contributed by atoms with Crippen LogP contribution in [0.1, 0.15) is 77.2 Å². The Labute approximate surface area is 208 Å². The topological polar surface area (TPSA) is 9.23 Å². The van der Waals surface area contributed by atoms with Gasteiger partial charge in [0.1, 0.15) is 5.82 Å². The Morgan fingerprint density at radius 3 is 1.91 bits per heavy atom. The fourth-order valence-corrected chi connectivity index (χ4v) is 4.24. The Kier molecular flexibility index (Phi) is 10.7. The van der Waals surface area contributed by atoms with Crippen molar-refractivity contribution in [2.24, 2.45) is 0 Å². The van der Waals surface area contributed by atoms with Crippen molar-refractivity contribution >= 4 is 0 Å². The number of halogens is 3. The molecule has 1 nitrogen and oxygen atoms in total. The van der Waals surface area contributed by atoms with Crippen LogP contribution >= 0.6 is 0 Å². The first kappa shape index (κ1) is 26.8. The van der Waals surface area contributed by atoms with Crippen LogP contribution in [0, 0.1) is 17.5 Å². The van der Waals surface area contributed by atoms with Crippen LogP contribution in [0.5, 0.6) is 5.75 Å². The van der Waals surface area contributed by atoms with E-state index >= 15 is 0 Å². The van der Waals surface area contributed by atoms with Crippen molar-refractivity contribution in [3.8, 4) is 28.0 Å². The molecule has 0 saturated heterocycles. The quantitative estimate of drug-likeness (QED) is 0.208. The smallest absolute Gasteiger partial charge is 0.201 e. The van der Waals surface area contributed by atoms with Gasteiger partial charge in [-0.2, -0.15) is 4.39 Å². The normalized spacial score (nSPS) is 11.1. The van der Waals surface area contributed by atoms with Gasteiger partial charge in [0.2, 0.25) is 5.82 Å². The fraction of sp³-hybridized carbons (Fsp3) is 0.419. The molecular formula is C31H37F3O. The van der Waals surface area contributed by atoms with Crippen molar-refractivity contribution in [3.63, 3.8) is 0 Å². The average molecular weight is 483 g/mol. The number of benzene rings is 3. The van der Waals surface area contributed by atoms with Crippen molar-refractivity contribution in [1.29, 1.82) is 0 Å². The van der Waals surface area contributed by atoms with E-state index in [9.17, 15) is 13.2 Å². The highest BCUT2D eigenvalue weighted by atomic mass is 19.2. The van der Waals surface area contributed by atoms with E-state index in [1.165, 1.54) is 74.8 Å². The van der Waals surface area contributed by atoms with Crippen LogP contribution in [-0.4, -0.2) is 6.61 Å². The second-order valence-electron chi connectivity index (χ2n) is 9.20. The zero-order valence-corrected chi connectivity index (χ0v) is 21.0. The number of ether oxygens (including phenoxy) is 1. The van der Waals surface area contributed by atoms with Gasteiger partial charge in [0, 0.05) is 11.1 Å². The molecule has 0 aliphatic carbocycles. The summed E-state index contributed by atoms with van der Waals surface area (Å²) in [4.78, 5) is 0. The Balaban J connectivity index is 1.63. The maximum atomic E-state index is 15.0. The summed E-state index contributed by atoms with van der Waals surface area (Å²) >= 11 is 0. The molecule has 0 fully saturated rings. The Bertz CT molecular complexity index is 1060. The highest BCUT2D eigenvalue weighted by Crippen LogP contribution is 2.33. The van der Waals surface area contributed by atoms with E-state index in [1.54, 1.807) is 6.07 Å². The molecule has 4 heteroatoms. The molecule has 0 unspecified atom stereocenters. The second-order valence-corrected chi connectivity index (χ2v) is 9.20. The molecule has 0 heterocycles. The first-order valence-electron chi connectivity index (χ1n) is 13.0. The third kappa shape index (κ3) is 7.62. The standard InChI is InChI=1S/C31H37F3O/c1-3-5-7-8-9-10-11-12-23-13-15-24(16-14-23)25-17-18-26(28(32)22-25)27-19-20-29(31(34)30(27)33)35-21-6-4-2/h13-20,22H,3-12,21H2,1-2H3. The predicted molar refractivity (Wildman–Crippen MR) is 139 cm³/mol. The Morgan fingerprint density at radius 2 is 1.23 bits per heavy atom. The van der Waals surface area contributed by atoms with Crippen LogP contribution in [0.25, 0.3) is 22.3 Å². The third-order valence-corrected chi connectivity index (χ3v) is 6.42. The van der Waals surface area contributed by atoms with E-state index < -0.39 is 17.5 Å². The minimum Gasteiger partial charge on any atom is -0.490 e. The molecule has 0 spiro atoms. The molecule has 0 radical (unpaired) electrons. The average Bonchev–Trinajstić information content (AvgIpc) is 2.87. The van der Waals surface area contributed by atoms with E-state index in [-0.39, 0.29) is 16.9 Å². The van der Waals surface area contributed by atoms with Crippen LogP contribution in [0.15, 0.2) is 54.6 Å². The second kappa shape index (κ2) is 14.0. The lowest BCUT2D eigenvalue weighted by atomic mass is 9.97. The van der Waals surface area contributed by atoms with Gasteiger partial charge in [-0.05, 0) is 54.2 Å². The van der Waals surface area contributed by atoms with E-state index in [1.807, 2.05) is 19.1 Å². The summed E-state index contributed by atoms with van der Waals surface area (Å²) in [7, 11) is 0. The van der Waals surface area contributed by atoms with Gasteiger partial charge < -0.3 is 4.74 Å². The highest BCUT2D eigenvalue weighted by molar-refractivity contribution is 5.72. The van der Waals surface area contributed by atoms with Crippen LogP contribution in [0.3, 0.4) is 0 Å². The molecule has 3 rings (SSSR count). The lowest BCUT2D eigenvalue weighted by Gasteiger charge is -2.12. The van der Waals surface area contributed by atoms with Crippen molar-refractivity contribution in [3.05, 3.63) is 77.6 Å². The molecule has 3 aromatic carbocycles. The summed E-state index contributed by atoms with van der Waals surface area (Å²) in [6.45, 7) is 4.53. The summed E-state index contributed by atoms with van der Waals surface area (Å²) in [5.74, 6) is -2.92. The predicted octanol–water partition coefficient (Wildman–Crippen LogP) is 9.91. The van der Waals surface area contributed by atoms with E-state index in [2.05, 4.69) is 19.1 Å². The number of hydrogen-bond acceptors (Lipinski definition) is 1. The summed E-state index contributed by atoms with van der Waals surface area (Å²) in [5.41, 5.74) is 2.79. The molecule has 0 amide bonds. The molecule has 35 heavy (non-hydrogen) atoms.